The molecule has 5 nitrogen and oxygen atoms in total. The van der Waals surface area contributed by atoms with Gasteiger partial charge in [-0.05, 0) is 7.05 Å². The number of carboxylic acids is 1. The molecular weight excluding hydrogens is 251 g/mol. The summed E-state index contributed by atoms with van der Waals surface area (Å²) in [7, 11) is 2.89. The van der Waals surface area contributed by atoms with E-state index < -0.39 is 24.6 Å². The fourth-order valence-corrected chi connectivity index (χ4v) is 1.57. The number of alkyl halides is 3. The highest BCUT2D eigenvalue weighted by Crippen LogP contribution is 2.27. The third-order valence-electron chi connectivity index (χ3n) is 2.59. The molecule has 1 heterocycles. The van der Waals surface area contributed by atoms with Gasteiger partial charge in [0, 0.05) is 19.4 Å². The lowest BCUT2D eigenvalue weighted by Crippen LogP contribution is -2.44. The van der Waals surface area contributed by atoms with Crippen LogP contribution in [0.2, 0.25) is 0 Å². The number of aromatic nitrogens is 2. The van der Waals surface area contributed by atoms with Gasteiger partial charge >= 0.3 is 12.1 Å². The van der Waals surface area contributed by atoms with Crippen molar-refractivity contribution in [2.75, 3.05) is 7.05 Å². The van der Waals surface area contributed by atoms with Gasteiger partial charge in [-0.25, -0.2) is 4.98 Å². The third kappa shape index (κ3) is 3.73. The van der Waals surface area contributed by atoms with Crippen molar-refractivity contribution >= 4 is 5.97 Å². The number of hydrogen-bond donors (Lipinski definition) is 1. The highest BCUT2D eigenvalue weighted by Gasteiger charge is 2.43. The summed E-state index contributed by atoms with van der Waals surface area (Å²) in [5.41, 5.74) is 0. The van der Waals surface area contributed by atoms with E-state index in [1.54, 1.807) is 17.8 Å². The van der Waals surface area contributed by atoms with Crippen molar-refractivity contribution in [2.45, 2.75) is 25.2 Å². The zero-order valence-electron chi connectivity index (χ0n) is 9.98. The SMILES string of the molecule is CN(Cc1nccn1C)C(CC(=O)O)C(F)(F)F. The molecule has 1 atom stereocenters. The minimum Gasteiger partial charge on any atom is -0.481 e. The molecule has 8 heteroatoms. The first-order valence-electron chi connectivity index (χ1n) is 5.16. The largest absolute Gasteiger partial charge is 0.481 e. The number of rotatable bonds is 5. The lowest BCUT2D eigenvalue weighted by Gasteiger charge is -2.28. The molecule has 0 aliphatic rings. The molecule has 0 saturated carbocycles. The standard InChI is InChI=1S/C10H14F3N3O2/c1-15-4-3-14-8(15)6-16(2)7(5-9(17)18)10(11,12)13/h3-4,7H,5-6H2,1-2H3,(H,17,18). The molecule has 1 rings (SSSR count). The molecule has 0 aliphatic heterocycles. The average Bonchev–Trinajstić information content (AvgIpc) is 2.59. The van der Waals surface area contributed by atoms with Crippen LogP contribution in [0.25, 0.3) is 0 Å². The minimum atomic E-state index is -4.59. The van der Waals surface area contributed by atoms with Gasteiger partial charge < -0.3 is 9.67 Å². The van der Waals surface area contributed by atoms with E-state index >= 15 is 0 Å². The van der Waals surface area contributed by atoms with Crippen LogP contribution >= 0.6 is 0 Å². The number of carbonyl (C=O) groups is 1. The summed E-state index contributed by atoms with van der Waals surface area (Å²) < 4.78 is 39.8. The van der Waals surface area contributed by atoms with Crippen LogP contribution in [-0.4, -0.2) is 44.8 Å². The Balaban J connectivity index is 2.80. The molecule has 0 saturated heterocycles. The van der Waals surface area contributed by atoms with Gasteiger partial charge in [0.25, 0.3) is 0 Å². The molecule has 1 aromatic heterocycles. The Bertz CT molecular complexity index is 417. The number of hydrogen-bond acceptors (Lipinski definition) is 3. The van der Waals surface area contributed by atoms with Crippen molar-refractivity contribution in [1.29, 1.82) is 0 Å². The van der Waals surface area contributed by atoms with E-state index in [0.29, 0.717) is 5.82 Å². The fraction of sp³-hybridized carbons (Fsp3) is 0.600. The Labute approximate surface area is 102 Å². The summed E-state index contributed by atoms with van der Waals surface area (Å²) in [6.07, 6.45) is -2.48. The summed E-state index contributed by atoms with van der Waals surface area (Å²) in [4.78, 5) is 15.3. The number of halogens is 3. The maximum absolute atomic E-state index is 12.7. The molecule has 1 aromatic rings. The first-order valence-corrected chi connectivity index (χ1v) is 5.16. The third-order valence-corrected chi connectivity index (χ3v) is 2.59. The lowest BCUT2D eigenvalue weighted by molar-refractivity contribution is -0.189. The van der Waals surface area contributed by atoms with Gasteiger partial charge in [-0.15, -0.1) is 0 Å². The van der Waals surface area contributed by atoms with Crippen LogP contribution in [0.5, 0.6) is 0 Å². The number of imidazole rings is 1. The minimum absolute atomic E-state index is 0.0685. The van der Waals surface area contributed by atoms with Gasteiger partial charge in [-0.3, -0.25) is 9.69 Å². The molecule has 0 aliphatic carbocycles. The summed E-state index contributed by atoms with van der Waals surface area (Å²) in [6.45, 7) is -0.0685. The van der Waals surface area contributed by atoms with Gasteiger partial charge in [0.2, 0.25) is 0 Å². The van der Waals surface area contributed by atoms with Crippen molar-refractivity contribution in [3.05, 3.63) is 18.2 Å². The second-order valence-electron chi connectivity index (χ2n) is 4.02. The van der Waals surface area contributed by atoms with Crippen LogP contribution < -0.4 is 0 Å². The van der Waals surface area contributed by atoms with Crippen molar-refractivity contribution < 1.29 is 23.1 Å². The summed E-state index contributed by atoms with van der Waals surface area (Å²) in [6, 6.07) is -2.02. The highest BCUT2D eigenvalue weighted by atomic mass is 19.4. The van der Waals surface area contributed by atoms with Gasteiger partial charge in [0.1, 0.15) is 11.9 Å². The highest BCUT2D eigenvalue weighted by molar-refractivity contribution is 5.67. The summed E-state index contributed by atoms with van der Waals surface area (Å²) >= 11 is 0. The van der Waals surface area contributed by atoms with Crippen molar-refractivity contribution in [3.63, 3.8) is 0 Å². The second-order valence-corrected chi connectivity index (χ2v) is 4.02. The predicted molar refractivity (Wildman–Crippen MR) is 56.8 cm³/mol. The first kappa shape index (κ1) is 14.5. The molecule has 0 amide bonds. The molecule has 0 aromatic carbocycles. The Morgan fingerprint density at radius 3 is 2.61 bits per heavy atom. The molecule has 0 bridgehead atoms. The first-order chi connectivity index (χ1) is 8.21. The molecule has 0 spiro atoms. The Morgan fingerprint density at radius 1 is 1.61 bits per heavy atom. The van der Waals surface area contributed by atoms with Crippen molar-refractivity contribution in [2.24, 2.45) is 7.05 Å². The summed E-state index contributed by atoms with van der Waals surface area (Å²) in [5, 5.41) is 8.53. The van der Waals surface area contributed by atoms with Gasteiger partial charge in [-0.1, -0.05) is 0 Å². The number of aryl methyl sites for hydroxylation is 1. The van der Waals surface area contributed by atoms with Crippen LogP contribution in [0.4, 0.5) is 13.2 Å². The van der Waals surface area contributed by atoms with E-state index in [9.17, 15) is 18.0 Å². The number of aliphatic carboxylic acids is 1. The van der Waals surface area contributed by atoms with Crippen LogP contribution in [0.3, 0.4) is 0 Å². The van der Waals surface area contributed by atoms with Crippen LogP contribution in [-0.2, 0) is 18.4 Å². The van der Waals surface area contributed by atoms with Crippen LogP contribution in [0, 0.1) is 0 Å². The second kappa shape index (κ2) is 5.38. The molecule has 102 valence electrons. The molecule has 1 N–H and O–H groups in total. The average molecular weight is 265 g/mol. The lowest BCUT2D eigenvalue weighted by atomic mass is 10.1. The van der Waals surface area contributed by atoms with E-state index in [2.05, 4.69) is 4.98 Å². The molecule has 1 unspecified atom stereocenters. The zero-order valence-corrected chi connectivity index (χ0v) is 9.98. The van der Waals surface area contributed by atoms with Crippen molar-refractivity contribution in [1.82, 2.24) is 14.5 Å². The van der Waals surface area contributed by atoms with Crippen LogP contribution in [0.15, 0.2) is 12.4 Å². The molecule has 0 radical (unpaired) electrons. The van der Waals surface area contributed by atoms with Gasteiger partial charge in [0.15, 0.2) is 0 Å². The molecule has 0 fully saturated rings. The van der Waals surface area contributed by atoms with E-state index in [1.807, 2.05) is 0 Å². The number of nitrogens with zero attached hydrogens (tertiary/aromatic N) is 3. The van der Waals surface area contributed by atoms with Gasteiger partial charge in [0.05, 0.1) is 13.0 Å². The zero-order chi connectivity index (χ0) is 13.9. The van der Waals surface area contributed by atoms with E-state index in [4.69, 9.17) is 5.11 Å². The Kier molecular flexibility index (Phi) is 4.33. The Hall–Kier alpha value is -1.57. The molecular formula is C10H14F3N3O2. The van der Waals surface area contributed by atoms with Crippen LogP contribution in [0.1, 0.15) is 12.2 Å². The normalized spacial score (nSPS) is 13.9. The monoisotopic (exact) mass is 265 g/mol. The van der Waals surface area contributed by atoms with E-state index in [1.165, 1.54) is 13.2 Å². The quantitative estimate of drug-likeness (QED) is 0.870. The maximum Gasteiger partial charge on any atom is 0.404 e. The van der Waals surface area contributed by atoms with E-state index in [0.717, 1.165) is 4.90 Å². The fourth-order valence-electron chi connectivity index (χ4n) is 1.57. The predicted octanol–water partition coefficient (Wildman–Crippen LogP) is 1.26. The topological polar surface area (TPSA) is 58.4 Å². The molecule has 18 heavy (non-hydrogen) atoms. The summed E-state index contributed by atoms with van der Waals surface area (Å²) in [5.74, 6) is -1.04. The number of carboxylic acid groups (broad SMARTS) is 1. The Morgan fingerprint density at radius 2 is 2.22 bits per heavy atom. The van der Waals surface area contributed by atoms with Crippen molar-refractivity contribution in [3.8, 4) is 0 Å². The maximum atomic E-state index is 12.7. The van der Waals surface area contributed by atoms with Gasteiger partial charge in [-0.2, -0.15) is 13.2 Å². The smallest absolute Gasteiger partial charge is 0.404 e. The van der Waals surface area contributed by atoms with E-state index in [-0.39, 0.29) is 6.54 Å².